The van der Waals surface area contributed by atoms with Gasteiger partial charge in [-0.3, -0.25) is 0 Å². The van der Waals surface area contributed by atoms with Crippen molar-refractivity contribution >= 4 is 32.3 Å². The largest absolute Gasteiger partial charge is 0.228 e. The van der Waals surface area contributed by atoms with E-state index in [1.54, 1.807) is 0 Å². The van der Waals surface area contributed by atoms with Gasteiger partial charge in [0.25, 0.3) is 0 Å². The van der Waals surface area contributed by atoms with E-state index >= 15 is 0 Å². The van der Waals surface area contributed by atoms with Crippen LogP contribution in [0.15, 0.2) is 194 Å². The Morgan fingerprint density at radius 2 is 0.912 bits per heavy atom. The number of fused-ring (bicyclic) bond motifs is 7. The van der Waals surface area contributed by atoms with Crippen LogP contribution in [0, 0.1) is 0 Å². The average molecular weight is 727 g/mol. The van der Waals surface area contributed by atoms with Gasteiger partial charge in [0.1, 0.15) is 0 Å². The molecule has 0 saturated heterocycles. The van der Waals surface area contributed by atoms with Crippen molar-refractivity contribution in [3.8, 4) is 67.3 Å². The summed E-state index contributed by atoms with van der Waals surface area (Å²) in [5.74, 6) is 0.713. The maximum Gasteiger partial charge on any atom is 0.161 e. The van der Waals surface area contributed by atoms with E-state index in [2.05, 4.69) is 208 Å². The first-order valence-corrected chi connectivity index (χ1v) is 19.7. The van der Waals surface area contributed by atoms with E-state index in [0.29, 0.717) is 5.82 Å². The van der Waals surface area contributed by atoms with Gasteiger partial charge in [-0.05, 0) is 89.0 Å². The topological polar surface area (TPSA) is 25.8 Å². The number of benzene rings is 9. The van der Waals surface area contributed by atoms with Gasteiger partial charge >= 0.3 is 0 Å². The van der Waals surface area contributed by atoms with E-state index in [-0.39, 0.29) is 5.41 Å². The van der Waals surface area contributed by atoms with Gasteiger partial charge in [0, 0.05) is 22.1 Å². The van der Waals surface area contributed by atoms with Gasteiger partial charge in [-0.25, -0.2) is 9.97 Å². The molecule has 0 bridgehead atoms. The van der Waals surface area contributed by atoms with E-state index < -0.39 is 0 Å². The molecule has 0 unspecified atom stereocenters. The number of aromatic nitrogens is 2. The Morgan fingerprint density at radius 1 is 0.351 bits per heavy atom. The van der Waals surface area contributed by atoms with E-state index in [0.717, 1.165) is 44.4 Å². The van der Waals surface area contributed by atoms with Gasteiger partial charge < -0.3 is 0 Å². The summed E-state index contributed by atoms with van der Waals surface area (Å²) in [5.41, 5.74) is 15.1. The van der Waals surface area contributed by atoms with E-state index in [9.17, 15) is 0 Å². The van der Waals surface area contributed by atoms with Gasteiger partial charge in [0.05, 0.1) is 11.4 Å². The second kappa shape index (κ2) is 13.0. The van der Waals surface area contributed by atoms with Gasteiger partial charge in [-0.2, -0.15) is 0 Å². The highest BCUT2D eigenvalue weighted by Crippen LogP contribution is 2.55. The molecule has 0 atom stereocenters. The van der Waals surface area contributed by atoms with Crippen LogP contribution in [0.3, 0.4) is 0 Å². The van der Waals surface area contributed by atoms with Crippen LogP contribution in [0.5, 0.6) is 0 Å². The Kier molecular flexibility index (Phi) is 7.55. The minimum Gasteiger partial charge on any atom is -0.228 e. The lowest BCUT2D eigenvalue weighted by Crippen LogP contribution is -2.15. The van der Waals surface area contributed by atoms with E-state index in [1.807, 2.05) is 0 Å². The lowest BCUT2D eigenvalue weighted by molar-refractivity contribution is 0.666. The number of hydrogen-bond acceptors (Lipinski definition) is 2. The summed E-state index contributed by atoms with van der Waals surface area (Å²) in [6.45, 7) is 4.76. The summed E-state index contributed by atoms with van der Waals surface area (Å²) >= 11 is 0. The second-order valence-electron chi connectivity index (χ2n) is 15.7. The molecule has 0 radical (unpaired) electrons. The molecule has 1 heterocycles. The minimum atomic E-state index is -0.134. The fourth-order valence-electron chi connectivity index (χ4n) is 9.40. The molecule has 10 aromatic rings. The highest BCUT2D eigenvalue weighted by Gasteiger charge is 2.38. The lowest BCUT2D eigenvalue weighted by atomic mass is 9.80. The zero-order valence-corrected chi connectivity index (χ0v) is 31.9. The van der Waals surface area contributed by atoms with Crippen LogP contribution in [-0.2, 0) is 5.41 Å². The molecule has 1 aliphatic rings. The molecule has 0 amide bonds. The smallest absolute Gasteiger partial charge is 0.161 e. The van der Waals surface area contributed by atoms with Gasteiger partial charge in [-0.15, -0.1) is 0 Å². The van der Waals surface area contributed by atoms with E-state index in [4.69, 9.17) is 9.97 Å². The Labute approximate surface area is 332 Å². The van der Waals surface area contributed by atoms with Crippen molar-refractivity contribution in [3.63, 3.8) is 0 Å². The molecule has 9 aromatic carbocycles. The quantitative estimate of drug-likeness (QED) is 0.176. The molecule has 0 saturated carbocycles. The Hall–Kier alpha value is -7.16. The SMILES string of the molecule is CC1(C)c2cccc(-c3ccc(-c4cc(-c5cccc(-c6ccccc6)c5)nc(-c5cccc6ccccc56)n4)c4ccccc34)c2-c2ccc3ccccc3c21. The van der Waals surface area contributed by atoms with Crippen LogP contribution >= 0.6 is 0 Å². The van der Waals surface area contributed by atoms with Crippen LogP contribution in [-0.4, -0.2) is 9.97 Å². The van der Waals surface area contributed by atoms with Crippen LogP contribution in [0.25, 0.3) is 99.6 Å². The predicted molar refractivity (Wildman–Crippen MR) is 239 cm³/mol. The number of hydrogen-bond donors (Lipinski definition) is 0. The highest BCUT2D eigenvalue weighted by atomic mass is 14.9. The second-order valence-corrected chi connectivity index (χ2v) is 15.7. The summed E-state index contributed by atoms with van der Waals surface area (Å²) in [6, 6.07) is 70.0. The Balaban J connectivity index is 1.13. The van der Waals surface area contributed by atoms with Gasteiger partial charge in [0.2, 0.25) is 0 Å². The molecule has 2 heteroatoms. The molecule has 0 N–H and O–H groups in total. The van der Waals surface area contributed by atoms with Crippen molar-refractivity contribution in [3.05, 3.63) is 205 Å². The highest BCUT2D eigenvalue weighted by molar-refractivity contribution is 6.09. The number of rotatable bonds is 5. The fraction of sp³-hybridized carbons (Fsp3) is 0.0545. The summed E-state index contributed by atoms with van der Waals surface area (Å²) in [7, 11) is 0. The molecule has 11 rings (SSSR count). The normalized spacial score (nSPS) is 12.9. The summed E-state index contributed by atoms with van der Waals surface area (Å²) in [6.07, 6.45) is 0. The molecule has 57 heavy (non-hydrogen) atoms. The standard InChI is InChI=1S/C55H38N2/c1-55(2)49-28-14-26-46(52(49)48-30-29-37-18-7-9-23-41(37)53(48)55)44-31-32-45(43-25-11-10-24-42(43)44)51-34-50(39-21-12-20-38(33-39)35-15-4-3-5-16-35)56-54(57-51)47-27-13-19-36-17-6-8-22-40(36)47/h3-34H,1-2H3. The first-order valence-electron chi connectivity index (χ1n) is 19.7. The first-order chi connectivity index (χ1) is 28.0. The van der Waals surface area contributed by atoms with Crippen molar-refractivity contribution < 1.29 is 0 Å². The summed E-state index contributed by atoms with van der Waals surface area (Å²) in [4.78, 5) is 10.7. The Bertz CT molecular complexity index is 3210. The Morgan fingerprint density at radius 3 is 1.74 bits per heavy atom. The van der Waals surface area contributed by atoms with Crippen molar-refractivity contribution in [1.82, 2.24) is 9.97 Å². The maximum absolute atomic E-state index is 5.41. The number of nitrogens with zero attached hydrogens (tertiary/aromatic N) is 2. The zero-order valence-electron chi connectivity index (χ0n) is 31.9. The molecule has 0 fully saturated rings. The molecule has 0 aliphatic heterocycles. The van der Waals surface area contributed by atoms with Crippen LogP contribution in [0.2, 0.25) is 0 Å². The van der Waals surface area contributed by atoms with E-state index in [1.165, 1.54) is 60.5 Å². The van der Waals surface area contributed by atoms with Crippen LogP contribution in [0.4, 0.5) is 0 Å². The zero-order chi connectivity index (χ0) is 38.1. The van der Waals surface area contributed by atoms with Gasteiger partial charge in [0.15, 0.2) is 5.82 Å². The average Bonchev–Trinajstić information content (AvgIpc) is 3.52. The third kappa shape index (κ3) is 5.33. The monoisotopic (exact) mass is 726 g/mol. The predicted octanol–water partition coefficient (Wildman–Crippen LogP) is 14.6. The van der Waals surface area contributed by atoms with Crippen molar-refractivity contribution in [2.24, 2.45) is 0 Å². The summed E-state index contributed by atoms with van der Waals surface area (Å²) < 4.78 is 0. The van der Waals surface area contributed by atoms with Crippen molar-refractivity contribution in [1.29, 1.82) is 0 Å². The van der Waals surface area contributed by atoms with Crippen LogP contribution < -0.4 is 0 Å². The third-order valence-electron chi connectivity index (χ3n) is 12.1. The van der Waals surface area contributed by atoms with Crippen molar-refractivity contribution in [2.45, 2.75) is 19.3 Å². The van der Waals surface area contributed by atoms with Gasteiger partial charge in [-0.1, -0.05) is 196 Å². The third-order valence-corrected chi connectivity index (χ3v) is 12.1. The molecular weight excluding hydrogens is 689 g/mol. The molecule has 2 nitrogen and oxygen atoms in total. The molecule has 1 aliphatic carbocycles. The van der Waals surface area contributed by atoms with Crippen LogP contribution in [0.1, 0.15) is 25.0 Å². The van der Waals surface area contributed by atoms with Crippen molar-refractivity contribution in [2.75, 3.05) is 0 Å². The first kappa shape index (κ1) is 33.2. The maximum atomic E-state index is 5.41. The lowest BCUT2D eigenvalue weighted by Gasteiger charge is -2.23. The minimum absolute atomic E-state index is 0.134. The molecular formula is C55H38N2. The summed E-state index contributed by atoms with van der Waals surface area (Å²) in [5, 5.41) is 7.28. The fourth-order valence-corrected chi connectivity index (χ4v) is 9.40. The molecule has 0 spiro atoms. The molecule has 1 aromatic heterocycles. The molecule has 268 valence electrons.